The Morgan fingerprint density at radius 1 is 1.04 bits per heavy atom. The van der Waals surface area contributed by atoms with Crippen molar-refractivity contribution in [1.29, 1.82) is 0 Å². The molecule has 2 heterocycles. The molecular formula is C19H28N2O5. The van der Waals surface area contributed by atoms with Crippen LogP contribution in [0.3, 0.4) is 0 Å². The lowest BCUT2D eigenvalue weighted by Gasteiger charge is -2.34. The zero-order chi connectivity index (χ0) is 18.5. The van der Waals surface area contributed by atoms with Crippen molar-refractivity contribution in [3.05, 3.63) is 17.7 Å². The molecule has 0 spiro atoms. The van der Waals surface area contributed by atoms with E-state index in [0.717, 1.165) is 13.1 Å². The Bertz CT molecular complexity index is 631. The summed E-state index contributed by atoms with van der Waals surface area (Å²) in [5.74, 6) is 1.12. The number of hydrogen-bond acceptors (Lipinski definition) is 6. The summed E-state index contributed by atoms with van der Waals surface area (Å²) in [6, 6.07) is 3.61. The number of nitrogens with zero attached hydrogens (tertiary/aromatic N) is 1. The maximum Gasteiger partial charge on any atom is 0.255 e. The van der Waals surface area contributed by atoms with Gasteiger partial charge < -0.3 is 24.3 Å². The van der Waals surface area contributed by atoms with Crippen molar-refractivity contribution in [3.63, 3.8) is 0 Å². The van der Waals surface area contributed by atoms with E-state index in [4.69, 9.17) is 18.9 Å². The highest BCUT2D eigenvalue weighted by Gasteiger charge is 2.35. The third kappa shape index (κ3) is 3.73. The molecule has 1 amide bonds. The molecule has 7 nitrogen and oxygen atoms in total. The van der Waals surface area contributed by atoms with Crippen LogP contribution in [0.25, 0.3) is 0 Å². The van der Waals surface area contributed by atoms with E-state index in [0.29, 0.717) is 36.0 Å². The monoisotopic (exact) mass is 364 g/mol. The first-order valence-electron chi connectivity index (χ1n) is 9.11. The van der Waals surface area contributed by atoms with Gasteiger partial charge in [0.1, 0.15) is 0 Å². The lowest BCUT2D eigenvalue weighted by Crippen LogP contribution is -2.52. The number of ether oxygens (including phenoxy) is 4. The van der Waals surface area contributed by atoms with Crippen LogP contribution in [0.15, 0.2) is 12.1 Å². The van der Waals surface area contributed by atoms with E-state index in [9.17, 15) is 4.79 Å². The van der Waals surface area contributed by atoms with E-state index >= 15 is 0 Å². The van der Waals surface area contributed by atoms with E-state index in [2.05, 4.69) is 10.2 Å². The summed E-state index contributed by atoms with van der Waals surface area (Å²) in [5.41, 5.74) is 0.425. The first-order chi connectivity index (χ1) is 12.7. The number of amides is 1. The maximum atomic E-state index is 12.9. The van der Waals surface area contributed by atoms with Crippen LogP contribution < -0.4 is 19.5 Å². The predicted octanol–water partition coefficient (Wildman–Crippen LogP) is 1.70. The SMILES string of the molecule is COc1ccc(C(=O)N[C@@H]2COC[C@H]2N2CCCCC2)c(OC)c1OC. The highest BCUT2D eigenvalue weighted by molar-refractivity contribution is 5.98. The molecule has 1 aromatic rings. The number of methoxy groups -OCH3 is 3. The molecule has 144 valence electrons. The second-order valence-electron chi connectivity index (χ2n) is 6.66. The molecule has 0 aromatic heterocycles. The van der Waals surface area contributed by atoms with Crippen LogP contribution in [0.2, 0.25) is 0 Å². The molecule has 0 radical (unpaired) electrons. The van der Waals surface area contributed by atoms with Gasteiger partial charge in [0, 0.05) is 0 Å². The van der Waals surface area contributed by atoms with Gasteiger partial charge in [0.15, 0.2) is 11.5 Å². The summed E-state index contributed by atoms with van der Waals surface area (Å²) in [7, 11) is 4.60. The van der Waals surface area contributed by atoms with E-state index < -0.39 is 0 Å². The van der Waals surface area contributed by atoms with Gasteiger partial charge in [-0.25, -0.2) is 0 Å². The van der Waals surface area contributed by atoms with Crippen LogP contribution in [0, 0.1) is 0 Å². The van der Waals surface area contributed by atoms with E-state index in [1.54, 1.807) is 19.2 Å². The van der Waals surface area contributed by atoms with Crippen LogP contribution in [0.4, 0.5) is 0 Å². The minimum atomic E-state index is -0.194. The Labute approximate surface area is 154 Å². The van der Waals surface area contributed by atoms with Gasteiger partial charge in [-0.05, 0) is 38.1 Å². The average Bonchev–Trinajstić information content (AvgIpc) is 3.15. The Kier molecular flexibility index (Phi) is 6.21. The van der Waals surface area contributed by atoms with E-state index in [-0.39, 0.29) is 18.0 Å². The largest absolute Gasteiger partial charge is 0.493 e. The van der Waals surface area contributed by atoms with Gasteiger partial charge in [-0.2, -0.15) is 0 Å². The molecule has 26 heavy (non-hydrogen) atoms. The Morgan fingerprint density at radius 2 is 1.77 bits per heavy atom. The van der Waals surface area contributed by atoms with Crippen molar-refractivity contribution in [1.82, 2.24) is 10.2 Å². The van der Waals surface area contributed by atoms with Crippen molar-refractivity contribution in [3.8, 4) is 17.2 Å². The molecule has 2 saturated heterocycles. The molecule has 0 bridgehead atoms. The molecule has 2 atom stereocenters. The van der Waals surface area contributed by atoms with Crippen LogP contribution in [-0.2, 0) is 4.74 Å². The number of hydrogen-bond donors (Lipinski definition) is 1. The molecule has 0 aliphatic carbocycles. The number of carbonyl (C=O) groups excluding carboxylic acids is 1. The van der Waals surface area contributed by atoms with Gasteiger partial charge in [-0.3, -0.25) is 9.69 Å². The lowest BCUT2D eigenvalue weighted by atomic mass is 10.0. The predicted molar refractivity (Wildman–Crippen MR) is 97.4 cm³/mol. The van der Waals surface area contributed by atoms with Crippen molar-refractivity contribution in [2.75, 3.05) is 47.6 Å². The summed E-state index contributed by atoms with van der Waals surface area (Å²) >= 11 is 0. The quantitative estimate of drug-likeness (QED) is 0.829. The standard InChI is InChI=1S/C19H28N2O5/c1-23-16-8-7-13(17(24-2)18(16)25-3)19(22)20-14-11-26-12-15(14)21-9-5-4-6-10-21/h7-8,14-15H,4-6,9-12H2,1-3H3,(H,20,22)/t14-,15-/m1/s1. The van der Waals surface area contributed by atoms with Crippen LogP contribution >= 0.6 is 0 Å². The molecule has 0 saturated carbocycles. The topological polar surface area (TPSA) is 69.3 Å². The van der Waals surface area contributed by atoms with E-state index in [1.807, 2.05) is 0 Å². The van der Waals surface area contributed by atoms with Crippen molar-refractivity contribution in [2.24, 2.45) is 0 Å². The highest BCUT2D eigenvalue weighted by Crippen LogP contribution is 2.39. The van der Waals surface area contributed by atoms with Crippen molar-refractivity contribution in [2.45, 2.75) is 31.3 Å². The number of nitrogens with one attached hydrogen (secondary N) is 1. The van der Waals surface area contributed by atoms with Gasteiger partial charge >= 0.3 is 0 Å². The Morgan fingerprint density at radius 3 is 2.42 bits per heavy atom. The first-order valence-corrected chi connectivity index (χ1v) is 9.11. The summed E-state index contributed by atoms with van der Waals surface area (Å²) in [6.45, 7) is 3.33. The fraction of sp³-hybridized carbons (Fsp3) is 0.632. The van der Waals surface area contributed by atoms with Gasteiger partial charge in [0.25, 0.3) is 5.91 Å². The van der Waals surface area contributed by atoms with Gasteiger partial charge in [-0.15, -0.1) is 0 Å². The summed E-state index contributed by atoms with van der Waals surface area (Å²) in [5, 5.41) is 3.12. The average molecular weight is 364 g/mol. The zero-order valence-electron chi connectivity index (χ0n) is 15.7. The Balaban J connectivity index is 1.77. The molecule has 2 fully saturated rings. The third-order valence-corrected chi connectivity index (χ3v) is 5.18. The molecule has 3 rings (SSSR count). The van der Waals surface area contributed by atoms with Gasteiger partial charge in [0.05, 0.1) is 52.2 Å². The smallest absolute Gasteiger partial charge is 0.255 e. The van der Waals surface area contributed by atoms with E-state index in [1.165, 1.54) is 33.5 Å². The number of carbonyl (C=O) groups is 1. The third-order valence-electron chi connectivity index (χ3n) is 5.18. The molecule has 2 aliphatic heterocycles. The minimum absolute atomic E-state index is 0.0293. The second kappa shape index (κ2) is 8.60. The van der Waals surface area contributed by atoms with Gasteiger partial charge in [0.2, 0.25) is 5.75 Å². The number of likely N-dealkylation sites (tertiary alicyclic amines) is 1. The van der Waals surface area contributed by atoms with Crippen LogP contribution in [0.5, 0.6) is 17.2 Å². The lowest BCUT2D eigenvalue weighted by molar-refractivity contribution is 0.0896. The second-order valence-corrected chi connectivity index (χ2v) is 6.66. The van der Waals surface area contributed by atoms with Crippen molar-refractivity contribution < 1.29 is 23.7 Å². The Hall–Kier alpha value is -1.99. The van der Waals surface area contributed by atoms with Crippen molar-refractivity contribution >= 4 is 5.91 Å². The number of rotatable bonds is 6. The molecule has 0 unspecified atom stereocenters. The fourth-order valence-corrected chi connectivity index (χ4v) is 3.82. The minimum Gasteiger partial charge on any atom is -0.493 e. The van der Waals surface area contributed by atoms with Crippen LogP contribution in [0.1, 0.15) is 29.6 Å². The summed E-state index contributed by atoms with van der Waals surface area (Å²) < 4.78 is 21.7. The molecule has 1 aromatic carbocycles. The fourth-order valence-electron chi connectivity index (χ4n) is 3.82. The zero-order valence-corrected chi connectivity index (χ0v) is 15.7. The summed E-state index contributed by atoms with van der Waals surface area (Å²) in [6.07, 6.45) is 3.70. The normalized spacial score (nSPS) is 23.5. The highest BCUT2D eigenvalue weighted by atomic mass is 16.5. The maximum absolute atomic E-state index is 12.9. The molecule has 1 N–H and O–H groups in total. The molecular weight excluding hydrogens is 336 g/mol. The number of benzene rings is 1. The summed E-state index contributed by atoms with van der Waals surface area (Å²) in [4.78, 5) is 15.4. The number of piperidine rings is 1. The molecule has 7 heteroatoms. The molecule has 2 aliphatic rings. The van der Waals surface area contributed by atoms with Gasteiger partial charge in [-0.1, -0.05) is 6.42 Å². The van der Waals surface area contributed by atoms with Crippen LogP contribution in [-0.4, -0.2) is 70.5 Å². The first kappa shape index (κ1) is 18.8.